The maximum Gasteiger partial charge on any atom is 0.289 e. The van der Waals surface area contributed by atoms with Gasteiger partial charge in [0.15, 0.2) is 5.76 Å². The molecule has 0 bridgehead atoms. The highest BCUT2D eigenvalue weighted by atomic mass is 16.3. The van der Waals surface area contributed by atoms with Crippen molar-refractivity contribution in [3.8, 4) is 0 Å². The second kappa shape index (κ2) is 5.57. The van der Waals surface area contributed by atoms with E-state index in [0.29, 0.717) is 17.8 Å². The Morgan fingerprint density at radius 3 is 2.91 bits per heavy atom. The number of likely N-dealkylation sites (tertiary alicyclic amines) is 2. The van der Waals surface area contributed by atoms with Crippen LogP contribution in [0.2, 0.25) is 0 Å². The Morgan fingerprint density at radius 2 is 2.14 bits per heavy atom. The van der Waals surface area contributed by atoms with Gasteiger partial charge < -0.3 is 9.32 Å². The van der Waals surface area contributed by atoms with Gasteiger partial charge in [-0.25, -0.2) is 0 Å². The second-order valence-electron chi connectivity index (χ2n) is 6.02. The Labute approximate surface area is 129 Å². The standard InChI is InChI=1S/C17H19N3O2/c21-17(16-4-2-10-22-16)20-9-6-14-15(20)5-8-19(14)12-13-3-1-7-18-11-13/h1-4,7,10-11,14-15H,5-6,8-9,12H2/t14-,15+/m1/s1. The fourth-order valence-electron chi connectivity index (χ4n) is 3.79. The topological polar surface area (TPSA) is 49.6 Å². The van der Waals surface area contributed by atoms with Crippen LogP contribution in [0.15, 0.2) is 47.3 Å². The molecule has 0 aliphatic carbocycles. The summed E-state index contributed by atoms with van der Waals surface area (Å²) in [6.07, 6.45) is 7.36. The van der Waals surface area contributed by atoms with Crippen LogP contribution in [0.4, 0.5) is 0 Å². The lowest BCUT2D eigenvalue weighted by Crippen LogP contribution is -2.39. The van der Waals surface area contributed by atoms with Gasteiger partial charge >= 0.3 is 0 Å². The molecule has 0 aromatic carbocycles. The SMILES string of the molecule is O=C(c1ccco1)N1CC[C@@H]2[C@@H]1CCN2Cc1cccnc1. The molecule has 5 nitrogen and oxygen atoms in total. The minimum absolute atomic E-state index is 0.0285. The number of rotatable bonds is 3. The smallest absolute Gasteiger partial charge is 0.289 e. The van der Waals surface area contributed by atoms with Crippen molar-refractivity contribution >= 4 is 5.91 Å². The van der Waals surface area contributed by atoms with Gasteiger partial charge in [-0.2, -0.15) is 0 Å². The third-order valence-corrected chi connectivity index (χ3v) is 4.79. The van der Waals surface area contributed by atoms with Crippen LogP contribution in [0, 0.1) is 0 Å². The van der Waals surface area contributed by atoms with Gasteiger partial charge in [-0.1, -0.05) is 6.07 Å². The molecule has 2 fully saturated rings. The molecule has 0 spiro atoms. The van der Waals surface area contributed by atoms with E-state index in [1.165, 1.54) is 5.56 Å². The van der Waals surface area contributed by atoms with E-state index in [0.717, 1.165) is 32.5 Å². The molecule has 2 aromatic rings. The Balaban J connectivity index is 1.46. The van der Waals surface area contributed by atoms with Gasteiger partial charge in [-0.05, 0) is 36.6 Å². The highest BCUT2D eigenvalue weighted by molar-refractivity contribution is 5.92. The van der Waals surface area contributed by atoms with Crippen molar-refractivity contribution in [3.05, 3.63) is 54.2 Å². The lowest BCUT2D eigenvalue weighted by Gasteiger charge is -2.25. The van der Waals surface area contributed by atoms with Gasteiger partial charge in [0, 0.05) is 44.1 Å². The molecule has 1 amide bonds. The first-order chi connectivity index (χ1) is 10.8. The van der Waals surface area contributed by atoms with Crippen molar-refractivity contribution < 1.29 is 9.21 Å². The summed E-state index contributed by atoms with van der Waals surface area (Å²) in [5, 5.41) is 0. The van der Waals surface area contributed by atoms with Gasteiger partial charge in [0.2, 0.25) is 0 Å². The number of pyridine rings is 1. The first-order valence-corrected chi connectivity index (χ1v) is 7.80. The van der Waals surface area contributed by atoms with E-state index in [9.17, 15) is 4.79 Å². The van der Waals surface area contributed by atoms with Crippen molar-refractivity contribution in [2.45, 2.75) is 31.5 Å². The van der Waals surface area contributed by atoms with Crippen LogP contribution in [-0.2, 0) is 6.54 Å². The van der Waals surface area contributed by atoms with Crippen molar-refractivity contribution in [1.29, 1.82) is 0 Å². The van der Waals surface area contributed by atoms with E-state index in [4.69, 9.17) is 4.42 Å². The van der Waals surface area contributed by atoms with Crippen LogP contribution in [0.25, 0.3) is 0 Å². The highest BCUT2D eigenvalue weighted by Crippen LogP contribution is 2.33. The number of furan rings is 1. The van der Waals surface area contributed by atoms with Gasteiger partial charge in [-0.3, -0.25) is 14.7 Å². The summed E-state index contributed by atoms with van der Waals surface area (Å²) in [6.45, 7) is 2.77. The minimum atomic E-state index is 0.0285. The average Bonchev–Trinajstić information content (AvgIpc) is 3.26. The van der Waals surface area contributed by atoms with E-state index >= 15 is 0 Å². The first-order valence-electron chi connectivity index (χ1n) is 7.80. The first kappa shape index (κ1) is 13.5. The number of carbonyl (C=O) groups is 1. The zero-order chi connectivity index (χ0) is 14.9. The number of aromatic nitrogens is 1. The number of carbonyl (C=O) groups excluding carboxylic acids is 1. The number of nitrogens with zero attached hydrogens (tertiary/aromatic N) is 3. The fraction of sp³-hybridized carbons (Fsp3) is 0.412. The van der Waals surface area contributed by atoms with Crippen LogP contribution in [0.1, 0.15) is 29.0 Å². The fourth-order valence-corrected chi connectivity index (χ4v) is 3.79. The molecule has 0 saturated carbocycles. The van der Waals surface area contributed by atoms with Crippen LogP contribution >= 0.6 is 0 Å². The van der Waals surface area contributed by atoms with Crippen LogP contribution in [0.3, 0.4) is 0 Å². The van der Waals surface area contributed by atoms with Crippen molar-refractivity contribution in [1.82, 2.24) is 14.8 Å². The zero-order valence-corrected chi connectivity index (χ0v) is 12.4. The summed E-state index contributed by atoms with van der Waals surface area (Å²) < 4.78 is 5.27. The molecular weight excluding hydrogens is 278 g/mol. The molecule has 0 unspecified atom stereocenters. The summed E-state index contributed by atoms with van der Waals surface area (Å²) >= 11 is 0. The lowest BCUT2D eigenvalue weighted by molar-refractivity contribution is 0.0699. The van der Waals surface area contributed by atoms with E-state index in [1.807, 2.05) is 17.2 Å². The van der Waals surface area contributed by atoms with Gasteiger partial charge in [0.05, 0.1) is 6.26 Å². The van der Waals surface area contributed by atoms with Crippen molar-refractivity contribution in [2.24, 2.45) is 0 Å². The minimum Gasteiger partial charge on any atom is -0.459 e. The number of hydrogen-bond acceptors (Lipinski definition) is 4. The predicted molar refractivity (Wildman–Crippen MR) is 81.2 cm³/mol. The zero-order valence-electron chi connectivity index (χ0n) is 12.4. The molecule has 2 aromatic heterocycles. The second-order valence-corrected chi connectivity index (χ2v) is 6.02. The van der Waals surface area contributed by atoms with Gasteiger partial charge in [0.1, 0.15) is 0 Å². The molecule has 2 aliphatic heterocycles. The molecule has 2 saturated heterocycles. The molecule has 0 radical (unpaired) electrons. The molecule has 5 heteroatoms. The molecule has 2 atom stereocenters. The molecule has 22 heavy (non-hydrogen) atoms. The van der Waals surface area contributed by atoms with Gasteiger partial charge in [-0.15, -0.1) is 0 Å². The predicted octanol–water partition coefficient (Wildman–Crippen LogP) is 2.16. The lowest BCUT2D eigenvalue weighted by atomic mass is 10.1. The number of amides is 1. The normalized spacial score (nSPS) is 24.6. The molecule has 4 rings (SSSR count). The summed E-state index contributed by atoms with van der Waals surface area (Å²) in [4.78, 5) is 21.2. The quantitative estimate of drug-likeness (QED) is 0.871. The van der Waals surface area contributed by atoms with Crippen molar-refractivity contribution in [3.63, 3.8) is 0 Å². The monoisotopic (exact) mass is 297 g/mol. The summed E-state index contributed by atoms with van der Waals surface area (Å²) in [7, 11) is 0. The Bertz CT molecular complexity index is 641. The summed E-state index contributed by atoms with van der Waals surface area (Å²) in [5.74, 6) is 0.479. The third-order valence-electron chi connectivity index (χ3n) is 4.79. The van der Waals surface area contributed by atoms with E-state index < -0.39 is 0 Å². The average molecular weight is 297 g/mol. The van der Waals surface area contributed by atoms with Crippen molar-refractivity contribution in [2.75, 3.05) is 13.1 Å². The van der Waals surface area contributed by atoms with Gasteiger partial charge in [0.25, 0.3) is 5.91 Å². The third kappa shape index (κ3) is 2.31. The van der Waals surface area contributed by atoms with Crippen LogP contribution < -0.4 is 0 Å². The number of hydrogen-bond donors (Lipinski definition) is 0. The highest BCUT2D eigenvalue weighted by Gasteiger charge is 2.44. The van der Waals surface area contributed by atoms with Crippen LogP contribution in [0.5, 0.6) is 0 Å². The molecule has 2 aliphatic rings. The van der Waals surface area contributed by atoms with Crippen LogP contribution in [-0.4, -0.2) is 45.9 Å². The molecule has 0 N–H and O–H groups in total. The Morgan fingerprint density at radius 1 is 1.23 bits per heavy atom. The Hall–Kier alpha value is -2.14. The van der Waals surface area contributed by atoms with E-state index in [-0.39, 0.29) is 5.91 Å². The molecule has 4 heterocycles. The van der Waals surface area contributed by atoms with E-state index in [2.05, 4.69) is 16.0 Å². The molecular formula is C17H19N3O2. The largest absolute Gasteiger partial charge is 0.459 e. The maximum absolute atomic E-state index is 12.5. The number of fused-ring (bicyclic) bond motifs is 1. The summed E-state index contributed by atoms with van der Waals surface area (Å²) in [5.41, 5.74) is 1.24. The van der Waals surface area contributed by atoms with E-state index in [1.54, 1.807) is 24.6 Å². The molecule has 114 valence electrons. The summed E-state index contributed by atoms with van der Waals surface area (Å²) in [6, 6.07) is 8.38. The maximum atomic E-state index is 12.5. The Kier molecular flexibility index (Phi) is 3.42.